The highest BCUT2D eigenvalue weighted by molar-refractivity contribution is 9.10. The monoisotopic (exact) mass is 355 g/mol. The maximum Gasteiger partial charge on any atom is 0.242 e. The van der Waals surface area contributed by atoms with Crippen molar-refractivity contribution in [3.05, 3.63) is 28.2 Å². The summed E-state index contributed by atoms with van der Waals surface area (Å²) in [6.45, 7) is 2.08. The van der Waals surface area contributed by atoms with E-state index in [-0.39, 0.29) is 5.91 Å². The molecule has 0 saturated carbocycles. The first-order chi connectivity index (χ1) is 9.49. The Kier molecular flexibility index (Phi) is 4.99. The molecular formula is C14H18BrN3OS. The summed E-state index contributed by atoms with van der Waals surface area (Å²) in [5.41, 5.74) is 7.43. The molecule has 1 aromatic carbocycles. The lowest BCUT2D eigenvalue weighted by Gasteiger charge is -2.24. The SMILES string of the molecule is CN(CC(=O)N1CCCC1)c1ccc(Br)cc1C(N)=S. The van der Waals surface area contributed by atoms with Crippen LogP contribution in [0.25, 0.3) is 0 Å². The molecule has 2 rings (SSSR count). The van der Waals surface area contributed by atoms with E-state index < -0.39 is 0 Å². The maximum absolute atomic E-state index is 12.2. The number of nitrogens with two attached hydrogens (primary N) is 1. The lowest BCUT2D eigenvalue weighted by atomic mass is 10.1. The van der Waals surface area contributed by atoms with Crippen molar-refractivity contribution in [1.82, 2.24) is 4.90 Å². The molecule has 1 aliphatic rings. The van der Waals surface area contributed by atoms with Crippen molar-refractivity contribution < 1.29 is 4.79 Å². The minimum absolute atomic E-state index is 0.154. The molecule has 4 nitrogen and oxygen atoms in total. The van der Waals surface area contributed by atoms with Gasteiger partial charge in [-0.1, -0.05) is 28.1 Å². The largest absolute Gasteiger partial charge is 0.389 e. The van der Waals surface area contributed by atoms with Crippen LogP contribution in [0.2, 0.25) is 0 Å². The van der Waals surface area contributed by atoms with Crippen LogP contribution in [0.1, 0.15) is 18.4 Å². The molecule has 1 fully saturated rings. The summed E-state index contributed by atoms with van der Waals surface area (Å²) in [5.74, 6) is 0.154. The Morgan fingerprint density at radius 2 is 2.10 bits per heavy atom. The lowest BCUT2D eigenvalue weighted by Crippen LogP contribution is -2.37. The molecule has 0 bridgehead atoms. The van der Waals surface area contributed by atoms with Crippen LogP contribution < -0.4 is 10.6 Å². The first-order valence-corrected chi connectivity index (χ1v) is 7.77. The normalized spacial score (nSPS) is 14.4. The third-order valence-corrected chi connectivity index (χ3v) is 4.18. The zero-order valence-corrected chi connectivity index (χ0v) is 13.8. The molecule has 0 aromatic heterocycles. The number of rotatable bonds is 4. The van der Waals surface area contributed by atoms with E-state index in [9.17, 15) is 4.79 Å². The van der Waals surface area contributed by atoms with E-state index in [1.165, 1.54) is 0 Å². The van der Waals surface area contributed by atoms with Gasteiger partial charge >= 0.3 is 0 Å². The molecule has 1 aliphatic heterocycles. The molecule has 108 valence electrons. The van der Waals surface area contributed by atoms with Crippen LogP contribution >= 0.6 is 28.1 Å². The Hall–Kier alpha value is -1.14. The molecule has 0 atom stereocenters. The van der Waals surface area contributed by atoms with Gasteiger partial charge in [-0.2, -0.15) is 0 Å². The second-order valence-corrected chi connectivity index (χ2v) is 6.33. The van der Waals surface area contributed by atoms with Gasteiger partial charge in [-0.25, -0.2) is 0 Å². The molecule has 6 heteroatoms. The number of carbonyl (C=O) groups excluding carboxylic acids is 1. The molecule has 0 unspecified atom stereocenters. The number of amides is 1. The Morgan fingerprint density at radius 3 is 2.70 bits per heavy atom. The number of thiocarbonyl (C=S) groups is 1. The van der Waals surface area contributed by atoms with Crippen LogP contribution in [-0.2, 0) is 4.79 Å². The van der Waals surface area contributed by atoms with Gasteiger partial charge < -0.3 is 15.5 Å². The Balaban J connectivity index is 2.14. The average Bonchev–Trinajstić information content (AvgIpc) is 2.92. The molecule has 1 amide bonds. The van der Waals surface area contributed by atoms with Crippen LogP contribution in [-0.4, -0.2) is 42.5 Å². The Labute approximate surface area is 133 Å². The number of carbonyl (C=O) groups is 1. The molecule has 0 aliphatic carbocycles. The van der Waals surface area contributed by atoms with Crippen LogP contribution in [0.15, 0.2) is 22.7 Å². The fourth-order valence-corrected chi connectivity index (χ4v) is 2.92. The number of halogens is 1. The smallest absolute Gasteiger partial charge is 0.242 e. The molecule has 20 heavy (non-hydrogen) atoms. The van der Waals surface area contributed by atoms with Crippen LogP contribution in [0.5, 0.6) is 0 Å². The van der Waals surface area contributed by atoms with Crippen LogP contribution in [0.4, 0.5) is 5.69 Å². The Bertz CT molecular complexity index is 529. The second-order valence-electron chi connectivity index (χ2n) is 4.97. The van der Waals surface area contributed by atoms with Crippen LogP contribution in [0, 0.1) is 0 Å². The van der Waals surface area contributed by atoms with Gasteiger partial charge in [0.2, 0.25) is 5.91 Å². The van der Waals surface area contributed by atoms with Gasteiger partial charge in [0.25, 0.3) is 0 Å². The van der Waals surface area contributed by atoms with Crippen molar-refractivity contribution in [2.75, 3.05) is 31.6 Å². The predicted molar refractivity (Wildman–Crippen MR) is 89.1 cm³/mol. The number of anilines is 1. The van der Waals surface area contributed by atoms with Crippen molar-refractivity contribution in [1.29, 1.82) is 0 Å². The van der Waals surface area contributed by atoms with Crippen LogP contribution in [0.3, 0.4) is 0 Å². The number of likely N-dealkylation sites (tertiary alicyclic amines) is 1. The zero-order chi connectivity index (χ0) is 14.7. The molecule has 1 saturated heterocycles. The van der Waals surface area contributed by atoms with Crippen molar-refractivity contribution in [2.24, 2.45) is 5.73 Å². The quantitative estimate of drug-likeness (QED) is 0.840. The Morgan fingerprint density at radius 1 is 1.45 bits per heavy atom. The van der Waals surface area contributed by atoms with E-state index in [2.05, 4.69) is 15.9 Å². The fourth-order valence-electron chi connectivity index (χ4n) is 2.39. The van der Waals surface area contributed by atoms with E-state index in [1.54, 1.807) is 0 Å². The minimum Gasteiger partial charge on any atom is -0.389 e. The van der Waals surface area contributed by atoms with Crippen molar-refractivity contribution in [3.63, 3.8) is 0 Å². The van der Waals surface area contributed by atoms with Crippen molar-refractivity contribution in [3.8, 4) is 0 Å². The molecule has 0 spiro atoms. The van der Waals surface area contributed by atoms with Gasteiger partial charge in [-0.05, 0) is 31.0 Å². The summed E-state index contributed by atoms with van der Waals surface area (Å²) in [5, 5.41) is 0. The number of nitrogens with zero attached hydrogens (tertiary/aromatic N) is 2. The topological polar surface area (TPSA) is 49.6 Å². The minimum atomic E-state index is 0.154. The second kappa shape index (κ2) is 6.54. The maximum atomic E-state index is 12.2. The molecule has 2 N–H and O–H groups in total. The fraction of sp³-hybridized carbons (Fsp3) is 0.429. The van der Waals surface area contributed by atoms with E-state index in [0.717, 1.165) is 41.7 Å². The number of hydrogen-bond acceptors (Lipinski definition) is 3. The van der Waals surface area contributed by atoms with Gasteiger partial charge in [-0.15, -0.1) is 0 Å². The highest BCUT2D eigenvalue weighted by atomic mass is 79.9. The zero-order valence-electron chi connectivity index (χ0n) is 11.4. The summed E-state index contributed by atoms with van der Waals surface area (Å²) < 4.78 is 0.920. The van der Waals surface area contributed by atoms with Gasteiger partial charge in [-0.3, -0.25) is 4.79 Å². The molecule has 0 radical (unpaired) electrons. The van der Waals surface area contributed by atoms with Crippen molar-refractivity contribution >= 4 is 44.7 Å². The third-order valence-electron chi connectivity index (χ3n) is 3.47. The number of likely N-dealkylation sites (N-methyl/N-ethyl adjacent to an activating group) is 1. The summed E-state index contributed by atoms with van der Waals surface area (Å²) in [4.78, 5) is 16.3. The summed E-state index contributed by atoms with van der Waals surface area (Å²) in [6.07, 6.45) is 2.21. The standard InChI is InChI=1S/C14H18BrN3OS/c1-17(9-13(19)18-6-2-3-7-18)12-5-4-10(15)8-11(12)14(16)20/h4-5,8H,2-3,6-7,9H2,1H3,(H2,16,20). The van der Waals surface area contributed by atoms with Crippen molar-refractivity contribution in [2.45, 2.75) is 12.8 Å². The van der Waals surface area contributed by atoms with Gasteiger partial charge in [0.1, 0.15) is 4.99 Å². The first kappa shape index (κ1) is 15.3. The molecular weight excluding hydrogens is 338 g/mol. The summed E-state index contributed by atoms with van der Waals surface area (Å²) >= 11 is 8.49. The van der Waals surface area contributed by atoms with E-state index in [4.69, 9.17) is 18.0 Å². The van der Waals surface area contributed by atoms with Gasteiger partial charge in [0.15, 0.2) is 0 Å². The van der Waals surface area contributed by atoms with Gasteiger partial charge in [0, 0.05) is 35.9 Å². The third kappa shape index (κ3) is 3.49. The lowest BCUT2D eigenvalue weighted by molar-refractivity contribution is -0.128. The number of benzene rings is 1. The average molecular weight is 356 g/mol. The van der Waals surface area contributed by atoms with E-state index in [1.807, 2.05) is 35.0 Å². The summed E-state index contributed by atoms with van der Waals surface area (Å²) in [7, 11) is 1.89. The highest BCUT2D eigenvalue weighted by Gasteiger charge is 2.20. The summed E-state index contributed by atoms with van der Waals surface area (Å²) in [6, 6.07) is 5.73. The van der Waals surface area contributed by atoms with E-state index >= 15 is 0 Å². The predicted octanol–water partition coefficient (Wildman–Crippen LogP) is 2.14. The first-order valence-electron chi connectivity index (χ1n) is 6.57. The van der Waals surface area contributed by atoms with Gasteiger partial charge in [0.05, 0.1) is 6.54 Å². The number of hydrogen-bond donors (Lipinski definition) is 1. The van der Waals surface area contributed by atoms with E-state index in [0.29, 0.717) is 11.5 Å². The highest BCUT2D eigenvalue weighted by Crippen LogP contribution is 2.24. The molecule has 1 heterocycles. The molecule has 1 aromatic rings.